The van der Waals surface area contributed by atoms with Crippen LogP contribution in [0.5, 0.6) is 0 Å². The standard InChI is InChI=1S/C27H26F5N5O2/c1-35-16-33-34-24(35)25(14-39-15-25)18-3-2-4-19(11-18)37-13-21-20(23(37)38)9-17(10-22(21)27(30,31)32)12-36-7-5-26(28,29)6-8-36/h2-4,9-11,16H,5-8,12-15H2,1H3. The van der Waals surface area contributed by atoms with Gasteiger partial charge in [-0.2, -0.15) is 13.2 Å². The zero-order valence-electron chi connectivity index (χ0n) is 21.1. The number of anilines is 1. The first-order valence-corrected chi connectivity index (χ1v) is 12.6. The molecule has 1 amide bonds. The van der Waals surface area contributed by atoms with Crippen molar-refractivity contribution < 1.29 is 31.5 Å². The summed E-state index contributed by atoms with van der Waals surface area (Å²) in [5.74, 6) is -2.59. The maximum atomic E-state index is 14.2. The predicted molar refractivity (Wildman–Crippen MR) is 130 cm³/mol. The van der Waals surface area contributed by atoms with Crippen LogP contribution in [-0.4, -0.2) is 57.8 Å². The van der Waals surface area contributed by atoms with Crippen molar-refractivity contribution in [2.45, 2.75) is 43.4 Å². The second kappa shape index (κ2) is 9.09. The quantitative estimate of drug-likeness (QED) is 0.439. The lowest BCUT2D eigenvalue weighted by Crippen LogP contribution is -2.49. The lowest BCUT2D eigenvalue weighted by molar-refractivity contribution is -0.138. The first kappa shape index (κ1) is 25.9. The van der Waals surface area contributed by atoms with Crippen LogP contribution >= 0.6 is 0 Å². The minimum absolute atomic E-state index is 0.0115. The van der Waals surface area contributed by atoms with Gasteiger partial charge in [0.1, 0.15) is 17.6 Å². The van der Waals surface area contributed by atoms with Crippen molar-refractivity contribution in [1.29, 1.82) is 0 Å². The van der Waals surface area contributed by atoms with E-state index in [0.717, 1.165) is 11.6 Å². The second-order valence-electron chi connectivity index (χ2n) is 10.6. The first-order valence-electron chi connectivity index (χ1n) is 12.6. The molecule has 2 fully saturated rings. The van der Waals surface area contributed by atoms with Crippen LogP contribution < -0.4 is 4.90 Å². The third-order valence-corrected chi connectivity index (χ3v) is 7.95. The SMILES string of the molecule is Cn1cnnc1C1(c2cccc(N3Cc4c(cc(CN5CCC(F)(F)CC5)cc4C(F)(F)F)C3=O)c2)COC1. The Bertz CT molecular complexity index is 1420. The van der Waals surface area contributed by atoms with E-state index < -0.39 is 29.0 Å². The summed E-state index contributed by atoms with van der Waals surface area (Å²) in [6, 6.07) is 9.66. The molecule has 0 aliphatic carbocycles. The highest BCUT2D eigenvalue weighted by Crippen LogP contribution is 2.42. The van der Waals surface area contributed by atoms with Crippen LogP contribution in [0, 0.1) is 0 Å². The summed E-state index contributed by atoms with van der Waals surface area (Å²) >= 11 is 0. The molecule has 0 radical (unpaired) electrons. The van der Waals surface area contributed by atoms with E-state index in [2.05, 4.69) is 10.2 Å². The fraction of sp³-hybridized carbons (Fsp3) is 0.444. The third kappa shape index (κ3) is 4.49. The Balaban J connectivity index is 1.32. The topological polar surface area (TPSA) is 63.5 Å². The maximum absolute atomic E-state index is 14.2. The Kier molecular flexibility index (Phi) is 6.03. The molecule has 0 unspecified atom stereocenters. The van der Waals surface area contributed by atoms with Gasteiger partial charge in [-0.1, -0.05) is 12.1 Å². The normalized spacial score (nSPS) is 20.7. The van der Waals surface area contributed by atoms with Gasteiger partial charge in [0.05, 0.1) is 25.3 Å². The van der Waals surface area contributed by atoms with Gasteiger partial charge in [-0.3, -0.25) is 9.69 Å². The molecule has 3 aliphatic heterocycles. The summed E-state index contributed by atoms with van der Waals surface area (Å²) in [5, 5.41) is 8.22. The van der Waals surface area contributed by atoms with Crippen molar-refractivity contribution in [2.75, 3.05) is 31.2 Å². The Morgan fingerprint density at radius 2 is 1.82 bits per heavy atom. The number of fused-ring (bicyclic) bond motifs is 1. The number of benzene rings is 2. The molecule has 0 bridgehead atoms. The van der Waals surface area contributed by atoms with Gasteiger partial charge in [0.25, 0.3) is 11.8 Å². The molecule has 0 atom stereocenters. The minimum atomic E-state index is -4.67. The number of halogens is 5. The highest BCUT2D eigenvalue weighted by atomic mass is 19.4. The average Bonchev–Trinajstić information content (AvgIpc) is 3.42. The molecule has 39 heavy (non-hydrogen) atoms. The van der Waals surface area contributed by atoms with Crippen molar-refractivity contribution in [1.82, 2.24) is 19.7 Å². The van der Waals surface area contributed by atoms with Crippen molar-refractivity contribution in [3.63, 3.8) is 0 Å². The molecular formula is C27H26F5N5O2. The van der Waals surface area contributed by atoms with Crippen LogP contribution in [0.2, 0.25) is 0 Å². The summed E-state index contributed by atoms with van der Waals surface area (Å²) in [4.78, 5) is 16.6. The molecule has 0 saturated carbocycles. The molecule has 2 saturated heterocycles. The smallest absolute Gasteiger partial charge is 0.378 e. The van der Waals surface area contributed by atoms with Gasteiger partial charge in [0.15, 0.2) is 0 Å². The fourth-order valence-electron chi connectivity index (χ4n) is 5.74. The van der Waals surface area contributed by atoms with E-state index in [1.165, 1.54) is 11.0 Å². The van der Waals surface area contributed by atoms with E-state index in [0.29, 0.717) is 24.7 Å². The van der Waals surface area contributed by atoms with Gasteiger partial charge in [-0.05, 0) is 41.0 Å². The van der Waals surface area contributed by atoms with Gasteiger partial charge in [-0.15, -0.1) is 10.2 Å². The van der Waals surface area contributed by atoms with E-state index >= 15 is 0 Å². The lowest BCUT2D eigenvalue weighted by Gasteiger charge is -2.41. The molecule has 12 heteroatoms. The molecule has 206 valence electrons. The van der Waals surface area contributed by atoms with Gasteiger partial charge in [-0.25, -0.2) is 8.78 Å². The molecular weight excluding hydrogens is 521 g/mol. The number of hydrogen-bond donors (Lipinski definition) is 0. The van der Waals surface area contributed by atoms with Gasteiger partial charge in [0, 0.05) is 50.8 Å². The predicted octanol–water partition coefficient (Wildman–Crippen LogP) is 4.54. The lowest BCUT2D eigenvalue weighted by atomic mass is 9.77. The van der Waals surface area contributed by atoms with Crippen LogP contribution in [0.3, 0.4) is 0 Å². The third-order valence-electron chi connectivity index (χ3n) is 7.95. The average molecular weight is 548 g/mol. The minimum Gasteiger partial charge on any atom is -0.378 e. The zero-order valence-corrected chi connectivity index (χ0v) is 21.1. The number of ether oxygens (including phenoxy) is 1. The molecule has 2 aromatic carbocycles. The summed E-state index contributed by atoms with van der Waals surface area (Å²) in [6.45, 7) is 0.721. The van der Waals surface area contributed by atoms with Crippen molar-refractivity contribution in [3.8, 4) is 0 Å². The monoisotopic (exact) mass is 547 g/mol. The number of aromatic nitrogens is 3. The maximum Gasteiger partial charge on any atom is 0.416 e. The fourth-order valence-corrected chi connectivity index (χ4v) is 5.74. The summed E-state index contributed by atoms with van der Waals surface area (Å²) < 4.78 is 76.9. The molecule has 0 spiro atoms. The Labute approximate surface area is 221 Å². The molecule has 0 N–H and O–H groups in total. The van der Waals surface area contributed by atoms with Gasteiger partial charge in [0.2, 0.25) is 0 Å². The highest BCUT2D eigenvalue weighted by molar-refractivity contribution is 6.10. The number of alkyl halides is 5. The number of hydrogen-bond acceptors (Lipinski definition) is 5. The van der Waals surface area contributed by atoms with Crippen LogP contribution in [0.1, 0.15) is 51.3 Å². The number of amides is 1. The molecule has 6 rings (SSSR count). The number of rotatable bonds is 5. The van der Waals surface area contributed by atoms with Gasteiger partial charge >= 0.3 is 6.18 Å². The van der Waals surface area contributed by atoms with Crippen molar-refractivity contribution in [2.24, 2.45) is 7.05 Å². The molecule has 7 nitrogen and oxygen atoms in total. The van der Waals surface area contributed by atoms with E-state index in [4.69, 9.17) is 4.74 Å². The van der Waals surface area contributed by atoms with E-state index in [1.54, 1.807) is 34.0 Å². The van der Waals surface area contributed by atoms with Crippen LogP contribution in [0.15, 0.2) is 42.7 Å². The van der Waals surface area contributed by atoms with Gasteiger partial charge < -0.3 is 14.2 Å². The summed E-state index contributed by atoms with van der Waals surface area (Å²) in [6.07, 6.45) is -3.76. The number of piperidine rings is 1. The molecule has 4 heterocycles. The summed E-state index contributed by atoms with van der Waals surface area (Å²) in [5.41, 5.74) is 0.0338. The number of nitrogens with zero attached hydrogens (tertiary/aromatic N) is 5. The highest BCUT2D eigenvalue weighted by Gasteiger charge is 2.47. The van der Waals surface area contributed by atoms with E-state index in [1.807, 2.05) is 13.1 Å². The van der Waals surface area contributed by atoms with Crippen molar-refractivity contribution >= 4 is 11.6 Å². The molecule has 3 aromatic rings. The summed E-state index contributed by atoms with van der Waals surface area (Å²) in [7, 11) is 1.82. The number of aryl methyl sites for hydroxylation is 1. The largest absolute Gasteiger partial charge is 0.416 e. The number of carbonyl (C=O) groups excluding carboxylic acids is 1. The van der Waals surface area contributed by atoms with E-state index in [-0.39, 0.29) is 55.7 Å². The second-order valence-corrected chi connectivity index (χ2v) is 10.6. The number of carbonyl (C=O) groups is 1. The molecule has 1 aromatic heterocycles. The molecule has 3 aliphatic rings. The van der Waals surface area contributed by atoms with E-state index in [9.17, 15) is 26.7 Å². The van der Waals surface area contributed by atoms with Crippen LogP contribution in [0.4, 0.5) is 27.6 Å². The Morgan fingerprint density at radius 1 is 1.08 bits per heavy atom. The Hall–Kier alpha value is -3.38. The van der Waals surface area contributed by atoms with Crippen molar-refractivity contribution in [3.05, 3.63) is 76.4 Å². The number of likely N-dealkylation sites (tertiary alicyclic amines) is 1. The zero-order chi connectivity index (χ0) is 27.6. The van der Waals surface area contributed by atoms with Crippen LogP contribution in [-0.2, 0) is 36.5 Å². The van der Waals surface area contributed by atoms with Crippen LogP contribution in [0.25, 0.3) is 0 Å². The Morgan fingerprint density at radius 3 is 2.44 bits per heavy atom. The first-order chi connectivity index (χ1) is 18.5.